The highest BCUT2D eigenvalue weighted by Crippen LogP contribution is 2.31. The van der Waals surface area contributed by atoms with Crippen molar-refractivity contribution >= 4 is 21.9 Å². The normalized spacial score (nSPS) is 10.5. The molecular weight excluding hydrogens is 300 g/mol. The van der Waals surface area contributed by atoms with Crippen molar-refractivity contribution < 1.29 is 23.2 Å². The van der Waals surface area contributed by atoms with E-state index < -0.39 is 23.4 Å². The van der Waals surface area contributed by atoms with E-state index in [1.54, 1.807) is 0 Å². The number of halogens is 3. The van der Waals surface area contributed by atoms with Gasteiger partial charge in [0.05, 0.1) is 4.47 Å². The standard InChI is InChI=1S/C10H4BrF2NO3/c11-9-5(1-4(12)2-6(9)13)7-3-8(10(15)16)17-14-7/h1-3H,(H,15,16). The van der Waals surface area contributed by atoms with Crippen molar-refractivity contribution in [2.75, 3.05) is 0 Å². The molecule has 0 radical (unpaired) electrons. The number of rotatable bonds is 2. The molecule has 0 fully saturated rings. The fraction of sp³-hybridized carbons (Fsp3) is 0. The Morgan fingerprint density at radius 3 is 2.65 bits per heavy atom. The number of carboxylic acids is 1. The number of nitrogens with zero attached hydrogens (tertiary/aromatic N) is 1. The molecule has 0 aliphatic heterocycles. The van der Waals surface area contributed by atoms with Crippen LogP contribution >= 0.6 is 15.9 Å². The molecule has 1 N–H and O–H groups in total. The zero-order valence-electron chi connectivity index (χ0n) is 8.08. The second-order valence-corrected chi connectivity index (χ2v) is 3.92. The van der Waals surface area contributed by atoms with E-state index in [0.717, 1.165) is 12.1 Å². The highest BCUT2D eigenvalue weighted by Gasteiger charge is 2.17. The third-order valence-electron chi connectivity index (χ3n) is 1.99. The van der Waals surface area contributed by atoms with Crippen LogP contribution in [0.25, 0.3) is 11.3 Å². The van der Waals surface area contributed by atoms with E-state index in [9.17, 15) is 13.6 Å². The highest BCUT2D eigenvalue weighted by atomic mass is 79.9. The Hall–Kier alpha value is -1.76. The molecular formula is C10H4BrF2NO3. The van der Waals surface area contributed by atoms with Crippen LogP contribution < -0.4 is 0 Å². The Labute approximate surface area is 102 Å². The van der Waals surface area contributed by atoms with Gasteiger partial charge in [0, 0.05) is 17.7 Å². The molecule has 1 heterocycles. The SMILES string of the molecule is O=C(O)c1cc(-c2cc(F)cc(F)c2Br)no1. The first-order valence-electron chi connectivity index (χ1n) is 4.34. The minimum absolute atomic E-state index is 0.0101. The van der Waals surface area contributed by atoms with Gasteiger partial charge in [0.1, 0.15) is 17.3 Å². The quantitative estimate of drug-likeness (QED) is 0.866. The predicted octanol–water partition coefficient (Wildman–Crippen LogP) is 3.08. The summed E-state index contributed by atoms with van der Waals surface area (Å²) in [6.07, 6.45) is 0. The number of aromatic nitrogens is 1. The topological polar surface area (TPSA) is 63.3 Å². The van der Waals surface area contributed by atoms with Crippen LogP contribution in [-0.4, -0.2) is 16.2 Å². The molecule has 0 saturated carbocycles. The van der Waals surface area contributed by atoms with E-state index in [0.29, 0.717) is 6.07 Å². The number of aromatic carboxylic acids is 1. The van der Waals surface area contributed by atoms with E-state index in [2.05, 4.69) is 25.6 Å². The van der Waals surface area contributed by atoms with E-state index in [-0.39, 0.29) is 15.7 Å². The van der Waals surface area contributed by atoms with Crippen LogP contribution in [0.5, 0.6) is 0 Å². The Balaban J connectivity index is 2.56. The fourth-order valence-electron chi connectivity index (χ4n) is 1.25. The summed E-state index contributed by atoms with van der Waals surface area (Å²) < 4.78 is 30.7. The Kier molecular flexibility index (Phi) is 2.93. The second-order valence-electron chi connectivity index (χ2n) is 3.13. The summed E-state index contributed by atoms with van der Waals surface area (Å²) in [7, 11) is 0. The predicted molar refractivity (Wildman–Crippen MR) is 56.5 cm³/mol. The summed E-state index contributed by atoms with van der Waals surface area (Å²) in [5.74, 6) is -3.31. The van der Waals surface area contributed by atoms with Crippen molar-refractivity contribution in [3.63, 3.8) is 0 Å². The third kappa shape index (κ3) is 2.19. The maximum atomic E-state index is 13.2. The van der Waals surface area contributed by atoms with Gasteiger partial charge in [-0.3, -0.25) is 0 Å². The zero-order chi connectivity index (χ0) is 12.6. The van der Waals surface area contributed by atoms with Crippen LogP contribution in [-0.2, 0) is 0 Å². The summed E-state index contributed by atoms with van der Waals surface area (Å²) in [4.78, 5) is 10.6. The number of carboxylic acid groups (broad SMARTS) is 1. The molecule has 0 unspecified atom stereocenters. The van der Waals surface area contributed by atoms with Crippen molar-refractivity contribution in [2.24, 2.45) is 0 Å². The Morgan fingerprint density at radius 2 is 2.06 bits per heavy atom. The van der Waals surface area contributed by atoms with Crippen molar-refractivity contribution in [2.45, 2.75) is 0 Å². The molecule has 0 saturated heterocycles. The summed E-state index contributed by atoms with van der Waals surface area (Å²) in [5.41, 5.74) is 0.117. The number of benzene rings is 1. The van der Waals surface area contributed by atoms with E-state index >= 15 is 0 Å². The lowest BCUT2D eigenvalue weighted by atomic mass is 10.1. The molecule has 1 aromatic carbocycles. The van der Waals surface area contributed by atoms with Gasteiger partial charge in [-0.2, -0.15) is 0 Å². The summed E-state index contributed by atoms with van der Waals surface area (Å²) in [6.45, 7) is 0. The van der Waals surface area contributed by atoms with Crippen LogP contribution in [0.4, 0.5) is 8.78 Å². The maximum Gasteiger partial charge on any atom is 0.374 e. The van der Waals surface area contributed by atoms with Crippen molar-refractivity contribution in [3.8, 4) is 11.3 Å². The molecule has 0 aliphatic carbocycles. The molecule has 4 nitrogen and oxygen atoms in total. The van der Waals surface area contributed by atoms with Gasteiger partial charge in [-0.25, -0.2) is 13.6 Å². The lowest BCUT2D eigenvalue weighted by Gasteiger charge is -2.01. The Morgan fingerprint density at radius 1 is 1.35 bits per heavy atom. The first-order valence-corrected chi connectivity index (χ1v) is 5.13. The smallest absolute Gasteiger partial charge is 0.374 e. The summed E-state index contributed by atoms with van der Waals surface area (Å²) in [6, 6.07) is 2.81. The van der Waals surface area contributed by atoms with Crippen LogP contribution in [0.15, 0.2) is 27.2 Å². The zero-order valence-corrected chi connectivity index (χ0v) is 9.66. The number of hydrogen-bond acceptors (Lipinski definition) is 3. The van der Waals surface area contributed by atoms with Crippen LogP contribution in [0.3, 0.4) is 0 Å². The molecule has 0 amide bonds. The number of hydrogen-bond donors (Lipinski definition) is 1. The van der Waals surface area contributed by atoms with E-state index in [1.165, 1.54) is 0 Å². The van der Waals surface area contributed by atoms with Crippen molar-refractivity contribution in [1.29, 1.82) is 0 Å². The second kappa shape index (κ2) is 4.25. The minimum atomic E-state index is -1.31. The minimum Gasteiger partial charge on any atom is -0.475 e. The molecule has 2 aromatic rings. The molecule has 0 aliphatic rings. The number of carbonyl (C=O) groups is 1. The van der Waals surface area contributed by atoms with E-state index in [4.69, 9.17) is 5.11 Å². The van der Waals surface area contributed by atoms with Gasteiger partial charge in [-0.05, 0) is 22.0 Å². The van der Waals surface area contributed by atoms with Gasteiger partial charge in [0.15, 0.2) is 0 Å². The average Bonchev–Trinajstić information content (AvgIpc) is 2.72. The van der Waals surface area contributed by atoms with Crippen LogP contribution in [0.2, 0.25) is 0 Å². The third-order valence-corrected chi connectivity index (χ3v) is 2.80. The first kappa shape index (κ1) is 11.7. The molecule has 2 rings (SSSR count). The molecule has 1 aromatic heterocycles. The van der Waals surface area contributed by atoms with Crippen molar-refractivity contribution in [1.82, 2.24) is 5.16 Å². The molecule has 0 spiro atoms. The molecule has 0 atom stereocenters. The van der Waals surface area contributed by atoms with Gasteiger partial charge in [0.2, 0.25) is 5.76 Å². The van der Waals surface area contributed by atoms with Crippen molar-refractivity contribution in [3.05, 3.63) is 40.1 Å². The monoisotopic (exact) mass is 303 g/mol. The van der Waals surface area contributed by atoms with Crippen LogP contribution in [0.1, 0.15) is 10.6 Å². The summed E-state index contributed by atoms with van der Waals surface area (Å²) in [5, 5.41) is 12.1. The lowest BCUT2D eigenvalue weighted by Crippen LogP contribution is -1.92. The van der Waals surface area contributed by atoms with E-state index in [1.807, 2.05) is 0 Å². The van der Waals surface area contributed by atoms with Gasteiger partial charge in [-0.15, -0.1) is 0 Å². The van der Waals surface area contributed by atoms with Gasteiger partial charge >= 0.3 is 5.97 Å². The van der Waals surface area contributed by atoms with Gasteiger partial charge in [-0.1, -0.05) is 5.16 Å². The largest absolute Gasteiger partial charge is 0.475 e. The highest BCUT2D eigenvalue weighted by molar-refractivity contribution is 9.10. The lowest BCUT2D eigenvalue weighted by molar-refractivity contribution is 0.0652. The molecule has 88 valence electrons. The van der Waals surface area contributed by atoms with Gasteiger partial charge in [0.25, 0.3) is 0 Å². The average molecular weight is 304 g/mol. The molecule has 17 heavy (non-hydrogen) atoms. The van der Waals surface area contributed by atoms with Crippen LogP contribution in [0, 0.1) is 11.6 Å². The van der Waals surface area contributed by atoms with Gasteiger partial charge < -0.3 is 9.63 Å². The fourth-order valence-corrected chi connectivity index (χ4v) is 1.68. The maximum absolute atomic E-state index is 13.2. The first-order chi connectivity index (χ1) is 7.99. The summed E-state index contributed by atoms with van der Waals surface area (Å²) >= 11 is 2.93. The molecule has 0 bridgehead atoms. The molecule has 7 heteroatoms. The Bertz CT molecular complexity index is 597.